The lowest BCUT2D eigenvalue weighted by Crippen LogP contribution is -2.13. The lowest BCUT2D eigenvalue weighted by Gasteiger charge is -2.13. The zero-order chi connectivity index (χ0) is 13.8. The number of hydrogen-bond donors (Lipinski definition) is 0. The summed E-state index contributed by atoms with van der Waals surface area (Å²) in [7, 11) is 0. The first-order valence-corrected chi connectivity index (χ1v) is 7.39. The van der Waals surface area contributed by atoms with Crippen molar-refractivity contribution in [2.24, 2.45) is 0 Å². The summed E-state index contributed by atoms with van der Waals surface area (Å²) >= 11 is 12.0. The molecule has 2 aromatic rings. The minimum Gasteiger partial charge on any atom is -0.379 e. The van der Waals surface area contributed by atoms with E-state index in [-0.39, 0.29) is 6.10 Å². The zero-order valence-corrected chi connectivity index (χ0v) is 12.7. The van der Waals surface area contributed by atoms with Crippen LogP contribution in [0.4, 0.5) is 0 Å². The number of fused-ring (bicyclic) bond motifs is 1. The molecule has 19 heavy (non-hydrogen) atoms. The number of benzene rings is 1. The maximum Gasteiger partial charge on any atom is 0.124 e. The van der Waals surface area contributed by atoms with Gasteiger partial charge in [0.05, 0.1) is 23.0 Å². The van der Waals surface area contributed by atoms with Gasteiger partial charge in [0.2, 0.25) is 0 Å². The summed E-state index contributed by atoms with van der Waals surface area (Å²) in [4.78, 5) is 4.52. The summed E-state index contributed by atoms with van der Waals surface area (Å²) in [6.45, 7) is 5.68. The molecule has 0 aliphatic heterocycles. The van der Waals surface area contributed by atoms with E-state index in [1.807, 2.05) is 25.1 Å². The number of imidazole rings is 1. The van der Waals surface area contributed by atoms with Crippen molar-refractivity contribution in [3.05, 3.63) is 29.0 Å². The summed E-state index contributed by atoms with van der Waals surface area (Å²) in [5.74, 6) is 1.28. The van der Waals surface area contributed by atoms with Crippen LogP contribution >= 0.6 is 23.2 Å². The van der Waals surface area contributed by atoms with Crippen molar-refractivity contribution >= 4 is 34.2 Å². The van der Waals surface area contributed by atoms with Crippen LogP contribution in [0.1, 0.15) is 26.1 Å². The molecule has 0 amide bonds. The Balaban J connectivity index is 2.25. The smallest absolute Gasteiger partial charge is 0.124 e. The van der Waals surface area contributed by atoms with Gasteiger partial charge in [-0.25, -0.2) is 4.98 Å². The highest BCUT2D eigenvalue weighted by molar-refractivity contribution is 6.31. The molecule has 0 N–H and O–H groups in total. The van der Waals surface area contributed by atoms with Crippen LogP contribution < -0.4 is 0 Å². The predicted molar refractivity (Wildman–Crippen MR) is 80.0 cm³/mol. The van der Waals surface area contributed by atoms with Crippen molar-refractivity contribution in [3.63, 3.8) is 0 Å². The Morgan fingerprint density at radius 3 is 2.89 bits per heavy atom. The molecule has 1 aromatic heterocycles. The van der Waals surface area contributed by atoms with Gasteiger partial charge in [-0.05, 0) is 38.5 Å². The molecule has 0 saturated carbocycles. The minimum atomic E-state index is 0.234. The fraction of sp³-hybridized carbons (Fsp3) is 0.500. The second-order valence-corrected chi connectivity index (χ2v) is 5.20. The Morgan fingerprint density at radius 1 is 1.42 bits per heavy atom. The SMILES string of the molecule is CCOC(C)CCn1c(CCl)nc2cc(Cl)ccc21. The van der Waals surface area contributed by atoms with E-state index in [4.69, 9.17) is 27.9 Å². The van der Waals surface area contributed by atoms with E-state index in [0.717, 1.165) is 36.4 Å². The maximum absolute atomic E-state index is 5.99. The van der Waals surface area contributed by atoms with Gasteiger partial charge >= 0.3 is 0 Å². The minimum absolute atomic E-state index is 0.234. The van der Waals surface area contributed by atoms with Crippen LogP contribution in [0.15, 0.2) is 18.2 Å². The molecular weight excluding hydrogens is 283 g/mol. The molecule has 0 spiro atoms. The molecule has 5 heteroatoms. The van der Waals surface area contributed by atoms with Crippen LogP contribution in [0.3, 0.4) is 0 Å². The van der Waals surface area contributed by atoms with Crippen molar-refractivity contribution in [1.29, 1.82) is 0 Å². The standard InChI is InChI=1S/C14H18Cl2N2O/c1-3-19-10(2)6-7-18-13-5-4-11(16)8-12(13)17-14(18)9-15/h4-5,8,10H,3,6-7,9H2,1-2H3. The van der Waals surface area contributed by atoms with Gasteiger partial charge in [-0.3, -0.25) is 0 Å². The van der Waals surface area contributed by atoms with Crippen LogP contribution in [0, 0.1) is 0 Å². The largest absolute Gasteiger partial charge is 0.379 e. The lowest BCUT2D eigenvalue weighted by atomic mass is 10.2. The monoisotopic (exact) mass is 300 g/mol. The molecular formula is C14H18Cl2N2O. The van der Waals surface area contributed by atoms with Crippen molar-refractivity contribution in [2.45, 2.75) is 38.8 Å². The predicted octanol–water partition coefficient (Wildman–Crippen LogP) is 4.24. The van der Waals surface area contributed by atoms with Crippen LogP contribution in [0.2, 0.25) is 5.02 Å². The van der Waals surface area contributed by atoms with Crippen molar-refractivity contribution in [1.82, 2.24) is 9.55 Å². The molecule has 2 rings (SSSR count). The van der Waals surface area contributed by atoms with Crippen LogP contribution in [-0.2, 0) is 17.2 Å². The molecule has 0 fully saturated rings. The first-order chi connectivity index (χ1) is 9.15. The van der Waals surface area contributed by atoms with E-state index in [9.17, 15) is 0 Å². The normalized spacial score (nSPS) is 13.1. The molecule has 0 bridgehead atoms. The molecule has 0 aliphatic rings. The third kappa shape index (κ3) is 3.41. The average molecular weight is 301 g/mol. The Kier molecular flexibility index (Phi) is 5.08. The topological polar surface area (TPSA) is 27.1 Å². The highest BCUT2D eigenvalue weighted by Crippen LogP contribution is 2.22. The number of rotatable bonds is 6. The number of alkyl halides is 1. The quantitative estimate of drug-likeness (QED) is 0.746. The van der Waals surface area contributed by atoms with Crippen molar-refractivity contribution in [2.75, 3.05) is 6.61 Å². The zero-order valence-electron chi connectivity index (χ0n) is 11.2. The van der Waals surface area contributed by atoms with Crippen LogP contribution in [0.5, 0.6) is 0 Å². The van der Waals surface area contributed by atoms with Crippen LogP contribution in [-0.4, -0.2) is 22.3 Å². The molecule has 1 atom stereocenters. The highest BCUT2D eigenvalue weighted by Gasteiger charge is 2.11. The van der Waals surface area contributed by atoms with Gasteiger partial charge in [-0.1, -0.05) is 11.6 Å². The number of ether oxygens (including phenoxy) is 1. The van der Waals surface area contributed by atoms with Crippen LogP contribution in [0.25, 0.3) is 11.0 Å². The van der Waals surface area contributed by atoms with Gasteiger partial charge in [-0.2, -0.15) is 0 Å². The molecule has 104 valence electrons. The first kappa shape index (κ1) is 14.6. The number of hydrogen-bond acceptors (Lipinski definition) is 2. The summed E-state index contributed by atoms with van der Waals surface area (Å²) in [6, 6.07) is 5.74. The molecule has 0 aliphatic carbocycles. The van der Waals surface area contributed by atoms with E-state index in [1.54, 1.807) is 0 Å². The van der Waals surface area contributed by atoms with E-state index < -0.39 is 0 Å². The van der Waals surface area contributed by atoms with E-state index >= 15 is 0 Å². The van der Waals surface area contributed by atoms with Gasteiger partial charge in [0, 0.05) is 18.2 Å². The van der Waals surface area contributed by atoms with E-state index in [0.29, 0.717) is 10.9 Å². The van der Waals surface area contributed by atoms with Crippen molar-refractivity contribution < 1.29 is 4.74 Å². The third-order valence-electron chi connectivity index (χ3n) is 3.12. The Bertz CT molecular complexity index is 554. The summed E-state index contributed by atoms with van der Waals surface area (Å²) in [5.41, 5.74) is 1.97. The van der Waals surface area contributed by atoms with Gasteiger partial charge in [-0.15, -0.1) is 11.6 Å². The fourth-order valence-corrected chi connectivity index (χ4v) is 2.55. The number of aryl methyl sites for hydroxylation is 1. The Morgan fingerprint density at radius 2 is 2.21 bits per heavy atom. The second kappa shape index (κ2) is 6.60. The van der Waals surface area contributed by atoms with E-state index in [1.165, 1.54) is 0 Å². The van der Waals surface area contributed by atoms with Gasteiger partial charge in [0.15, 0.2) is 0 Å². The van der Waals surface area contributed by atoms with E-state index in [2.05, 4.69) is 16.5 Å². The first-order valence-electron chi connectivity index (χ1n) is 6.48. The average Bonchev–Trinajstić information content (AvgIpc) is 2.73. The molecule has 1 aromatic carbocycles. The summed E-state index contributed by atoms with van der Waals surface area (Å²) < 4.78 is 7.70. The van der Waals surface area contributed by atoms with Gasteiger partial charge < -0.3 is 9.30 Å². The molecule has 1 unspecified atom stereocenters. The third-order valence-corrected chi connectivity index (χ3v) is 3.59. The Labute approximate surface area is 123 Å². The molecule has 3 nitrogen and oxygen atoms in total. The second-order valence-electron chi connectivity index (χ2n) is 4.50. The lowest BCUT2D eigenvalue weighted by molar-refractivity contribution is 0.0673. The van der Waals surface area contributed by atoms with Gasteiger partial charge in [0.25, 0.3) is 0 Å². The molecule has 0 saturated heterocycles. The summed E-state index contributed by atoms with van der Waals surface area (Å²) in [5, 5.41) is 0.695. The summed E-state index contributed by atoms with van der Waals surface area (Å²) in [6.07, 6.45) is 1.17. The highest BCUT2D eigenvalue weighted by atomic mass is 35.5. The number of halogens is 2. The Hall–Kier alpha value is -0.770. The molecule has 1 heterocycles. The fourth-order valence-electron chi connectivity index (χ4n) is 2.18. The maximum atomic E-state index is 5.99. The molecule has 0 radical (unpaired) electrons. The number of aromatic nitrogens is 2. The number of nitrogens with zero attached hydrogens (tertiary/aromatic N) is 2. The van der Waals surface area contributed by atoms with Gasteiger partial charge in [0.1, 0.15) is 5.82 Å². The van der Waals surface area contributed by atoms with Crippen molar-refractivity contribution in [3.8, 4) is 0 Å².